The molecule has 108 valence electrons. The average Bonchev–Trinajstić information content (AvgIpc) is 2.46. The topological polar surface area (TPSA) is 69.4 Å². The molecule has 0 radical (unpaired) electrons. The second-order valence-electron chi connectivity index (χ2n) is 4.13. The predicted molar refractivity (Wildman–Crippen MR) is 74.2 cm³/mol. The number of nitrogens with zero attached hydrogens (tertiary/aromatic N) is 1. The van der Waals surface area contributed by atoms with Gasteiger partial charge in [-0.3, -0.25) is 14.9 Å². The van der Waals surface area contributed by atoms with E-state index in [1.807, 2.05) is 0 Å². The third-order valence-electron chi connectivity index (χ3n) is 2.72. The Bertz CT molecular complexity index is 705. The van der Waals surface area contributed by atoms with Gasteiger partial charge in [-0.2, -0.15) is 0 Å². The number of nitro benzene ring substituents is 1. The van der Waals surface area contributed by atoms with Crippen molar-refractivity contribution in [2.75, 3.05) is 0 Å². The van der Waals surface area contributed by atoms with E-state index in [1.54, 1.807) is 0 Å². The lowest BCUT2D eigenvalue weighted by Gasteiger charge is -2.08. The second kappa shape index (κ2) is 6.32. The zero-order valence-electron chi connectivity index (χ0n) is 10.6. The number of hydrogen-bond donors (Lipinski definition) is 0. The summed E-state index contributed by atoms with van der Waals surface area (Å²) >= 11 is 5.70. The van der Waals surface area contributed by atoms with Gasteiger partial charge in [-0.1, -0.05) is 11.6 Å². The summed E-state index contributed by atoms with van der Waals surface area (Å²) in [6.07, 6.45) is 0.511. The molecule has 0 saturated heterocycles. The van der Waals surface area contributed by atoms with Crippen molar-refractivity contribution in [3.63, 3.8) is 0 Å². The first-order valence-electron chi connectivity index (χ1n) is 5.81. The Morgan fingerprint density at radius 2 is 2.05 bits per heavy atom. The lowest BCUT2D eigenvalue weighted by atomic mass is 10.2. The molecule has 2 rings (SSSR count). The molecule has 0 aliphatic rings. The van der Waals surface area contributed by atoms with Crippen LogP contribution < -0.4 is 4.74 Å². The van der Waals surface area contributed by atoms with Crippen LogP contribution in [0.3, 0.4) is 0 Å². The number of hydrogen-bond acceptors (Lipinski definition) is 4. The fourth-order valence-electron chi connectivity index (χ4n) is 1.69. The Labute approximate surface area is 124 Å². The van der Waals surface area contributed by atoms with Gasteiger partial charge in [0.2, 0.25) is 0 Å². The zero-order chi connectivity index (χ0) is 15.4. The molecule has 21 heavy (non-hydrogen) atoms. The van der Waals surface area contributed by atoms with E-state index in [1.165, 1.54) is 30.3 Å². The van der Waals surface area contributed by atoms with Crippen LogP contribution in [-0.4, -0.2) is 11.2 Å². The molecular formula is C14H9ClFNO4. The standard InChI is InChI=1S/C14H9ClFNO4/c15-11-3-2-10(13(6-11)17(19)20)8-21-14-4-1-9(7-18)5-12(14)16/h1-7H,8H2. The highest BCUT2D eigenvalue weighted by Crippen LogP contribution is 2.25. The maximum atomic E-state index is 13.6. The first kappa shape index (κ1) is 14.9. The van der Waals surface area contributed by atoms with Crippen LogP contribution in [-0.2, 0) is 6.61 Å². The monoisotopic (exact) mass is 309 g/mol. The quantitative estimate of drug-likeness (QED) is 0.479. The third kappa shape index (κ3) is 3.55. The summed E-state index contributed by atoms with van der Waals surface area (Å²) in [6, 6.07) is 7.84. The first-order valence-corrected chi connectivity index (χ1v) is 6.19. The van der Waals surface area contributed by atoms with Gasteiger partial charge in [-0.25, -0.2) is 4.39 Å². The van der Waals surface area contributed by atoms with Gasteiger partial charge in [0, 0.05) is 16.7 Å². The highest BCUT2D eigenvalue weighted by molar-refractivity contribution is 6.30. The zero-order valence-corrected chi connectivity index (χ0v) is 11.3. The van der Waals surface area contributed by atoms with Crippen LogP contribution in [0.5, 0.6) is 5.75 Å². The smallest absolute Gasteiger partial charge is 0.277 e. The number of carbonyl (C=O) groups excluding carboxylic acids is 1. The van der Waals surface area contributed by atoms with E-state index in [0.29, 0.717) is 6.29 Å². The molecule has 0 unspecified atom stereocenters. The number of aldehydes is 1. The molecule has 0 aliphatic carbocycles. The van der Waals surface area contributed by atoms with Gasteiger partial charge in [-0.15, -0.1) is 0 Å². The number of halogens is 2. The van der Waals surface area contributed by atoms with Crippen LogP contribution in [0.4, 0.5) is 10.1 Å². The van der Waals surface area contributed by atoms with E-state index >= 15 is 0 Å². The normalized spacial score (nSPS) is 10.2. The SMILES string of the molecule is O=Cc1ccc(OCc2ccc(Cl)cc2[N+](=O)[O-])c(F)c1. The highest BCUT2D eigenvalue weighted by atomic mass is 35.5. The molecule has 0 amide bonds. The number of benzene rings is 2. The second-order valence-corrected chi connectivity index (χ2v) is 4.56. The molecule has 0 aliphatic heterocycles. The summed E-state index contributed by atoms with van der Waals surface area (Å²) in [6.45, 7) is -0.190. The summed E-state index contributed by atoms with van der Waals surface area (Å²) in [5.74, 6) is -0.805. The van der Waals surface area contributed by atoms with Crippen LogP contribution in [0.25, 0.3) is 0 Å². The van der Waals surface area contributed by atoms with Crippen molar-refractivity contribution in [2.24, 2.45) is 0 Å². The Kier molecular flexibility index (Phi) is 4.49. The van der Waals surface area contributed by atoms with Crippen molar-refractivity contribution >= 4 is 23.6 Å². The lowest BCUT2D eigenvalue weighted by molar-refractivity contribution is -0.385. The molecule has 0 saturated carbocycles. The molecule has 0 aromatic heterocycles. The summed E-state index contributed by atoms with van der Waals surface area (Å²) in [5.41, 5.74) is 0.244. The number of nitro groups is 1. The molecule has 0 atom stereocenters. The highest BCUT2D eigenvalue weighted by Gasteiger charge is 2.15. The maximum absolute atomic E-state index is 13.6. The van der Waals surface area contributed by atoms with E-state index in [2.05, 4.69) is 0 Å². The van der Waals surface area contributed by atoms with Crippen molar-refractivity contribution in [1.82, 2.24) is 0 Å². The van der Waals surface area contributed by atoms with E-state index < -0.39 is 10.7 Å². The predicted octanol–water partition coefficient (Wildman–Crippen LogP) is 3.78. The minimum Gasteiger partial charge on any atom is -0.486 e. The molecule has 0 heterocycles. The minimum absolute atomic E-state index is 0.0927. The van der Waals surface area contributed by atoms with Crippen LogP contribution in [0.1, 0.15) is 15.9 Å². The molecule has 2 aromatic carbocycles. The van der Waals surface area contributed by atoms with E-state index in [4.69, 9.17) is 16.3 Å². The van der Waals surface area contributed by atoms with E-state index in [-0.39, 0.29) is 34.2 Å². The Morgan fingerprint density at radius 3 is 2.67 bits per heavy atom. The minimum atomic E-state index is -0.712. The van der Waals surface area contributed by atoms with E-state index in [9.17, 15) is 19.3 Å². The third-order valence-corrected chi connectivity index (χ3v) is 2.95. The average molecular weight is 310 g/mol. The van der Waals surface area contributed by atoms with Crippen molar-refractivity contribution in [3.05, 3.63) is 68.5 Å². The Hall–Kier alpha value is -2.47. The van der Waals surface area contributed by atoms with Gasteiger partial charge < -0.3 is 4.74 Å². The maximum Gasteiger partial charge on any atom is 0.277 e. The van der Waals surface area contributed by atoms with E-state index in [0.717, 1.165) is 6.07 Å². The molecule has 0 N–H and O–H groups in total. The van der Waals surface area contributed by atoms with Gasteiger partial charge in [-0.05, 0) is 30.3 Å². The first-order chi connectivity index (χ1) is 10.0. The largest absolute Gasteiger partial charge is 0.486 e. The van der Waals surface area contributed by atoms with Crippen LogP contribution in [0, 0.1) is 15.9 Å². The molecule has 2 aromatic rings. The summed E-state index contributed by atoms with van der Waals surface area (Å²) in [5, 5.41) is 11.1. The molecule has 0 bridgehead atoms. The van der Waals surface area contributed by atoms with Crippen molar-refractivity contribution < 1.29 is 18.8 Å². The summed E-state index contributed by atoms with van der Waals surface area (Å²) in [4.78, 5) is 20.8. The van der Waals surface area contributed by atoms with Crippen LogP contribution in [0.15, 0.2) is 36.4 Å². The summed E-state index contributed by atoms with van der Waals surface area (Å²) < 4.78 is 18.8. The number of carbonyl (C=O) groups is 1. The molecule has 0 fully saturated rings. The number of rotatable bonds is 5. The van der Waals surface area contributed by atoms with Gasteiger partial charge in [0.25, 0.3) is 5.69 Å². The number of ether oxygens (including phenoxy) is 1. The van der Waals surface area contributed by atoms with Gasteiger partial charge in [0.1, 0.15) is 12.9 Å². The molecule has 7 heteroatoms. The molecular weight excluding hydrogens is 301 g/mol. The van der Waals surface area contributed by atoms with Crippen LogP contribution >= 0.6 is 11.6 Å². The van der Waals surface area contributed by atoms with Crippen molar-refractivity contribution in [2.45, 2.75) is 6.61 Å². The van der Waals surface area contributed by atoms with Gasteiger partial charge in [0.05, 0.1) is 10.5 Å². The Morgan fingerprint density at radius 1 is 1.29 bits per heavy atom. The van der Waals surface area contributed by atoms with Crippen LogP contribution in [0.2, 0.25) is 5.02 Å². The molecule has 5 nitrogen and oxygen atoms in total. The Balaban J connectivity index is 2.20. The fourth-order valence-corrected chi connectivity index (χ4v) is 1.86. The lowest BCUT2D eigenvalue weighted by Crippen LogP contribution is -2.02. The van der Waals surface area contributed by atoms with Gasteiger partial charge >= 0.3 is 0 Å². The van der Waals surface area contributed by atoms with Gasteiger partial charge in [0.15, 0.2) is 11.6 Å². The van der Waals surface area contributed by atoms with Crippen molar-refractivity contribution in [1.29, 1.82) is 0 Å². The fraction of sp³-hybridized carbons (Fsp3) is 0.0714. The molecule has 0 spiro atoms. The van der Waals surface area contributed by atoms with Crippen molar-refractivity contribution in [3.8, 4) is 5.75 Å². The summed E-state index contributed by atoms with van der Waals surface area (Å²) in [7, 11) is 0.